The Morgan fingerprint density at radius 1 is 1.05 bits per heavy atom. The molecule has 0 unspecified atom stereocenters. The van der Waals surface area contributed by atoms with E-state index in [0.717, 1.165) is 42.9 Å². The molecule has 20 heavy (non-hydrogen) atoms. The predicted octanol–water partition coefficient (Wildman–Crippen LogP) is 3.81. The molecule has 4 aliphatic carbocycles. The summed E-state index contributed by atoms with van der Waals surface area (Å²) in [5, 5.41) is 3.15. The first-order chi connectivity index (χ1) is 9.69. The molecule has 3 heteroatoms. The zero-order valence-electron chi connectivity index (χ0n) is 12.6. The van der Waals surface area contributed by atoms with Gasteiger partial charge in [-0.25, -0.2) is 0 Å². The van der Waals surface area contributed by atoms with E-state index in [9.17, 15) is 4.79 Å². The standard InChI is InChI=1S/C17H29NOS/c19-16(3-1-2-6-20)18-5-4-17-10-13-7-14(11-17)9-15(8-13)12-17/h13-15,20H,1-12H2,(H,18,19). The Balaban J connectivity index is 1.41. The van der Waals surface area contributed by atoms with Crippen molar-refractivity contribution in [2.24, 2.45) is 23.2 Å². The van der Waals surface area contributed by atoms with E-state index in [4.69, 9.17) is 0 Å². The zero-order chi connectivity index (χ0) is 14.0. The van der Waals surface area contributed by atoms with Crippen molar-refractivity contribution in [2.75, 3.05) is 12.3 Å². The van der Waals surface area contributed by atoms with Gasteiger partial charge in [-0.05, 0) is 86.7 Å². The summed E-state index contributed by atoms with van der Waals surface area (Å²) in [7, 11) is 0. The third-order valence-electron chi connectivity index (χ3n) is 5.95. The molecule has 114 valence electrons. The Bertz CT molecular complexity index is 320. The first kappa shape index (κ1) is 14.7. The maximum Gasteiger partial charge on any atom is 0.219 e. The van der Waals surface area contributed by atoms with Gasteiger partial charge in [-0.3, -0.25) is 4.79 Å². The van der Waals surface area contributed by atoms with Gasteiger partial charge in [0.05, 0.1) is 0 Å². The SMILES string of the molecule is O=C(CCCCS)NCCC12CC3CC(CC(C3)C1)C2. The highest BCUT2D eigenvalue weighted by molar-refractivity contribution is 7.80. The highest BCUT2D eigenvalue weighted by Gasteiger charge is 2.50. The van der Waals surface area contributed by atoms with Gasteiger partial charge in [0.15, 0.2) is 0 Å². The summed E-state index contributed by atoms with van der Waals surface area (Å²) in [4.78, 5) is 11.8. The summed E-state index contributed by atoms with van der Waals surface area (Å²) >= 11 is 4.18. The maximum absolute atomic E-state index is 11.8. The van der Waals surface area contributed by atoms with Crippen LogP contribution in [0.15, 0.2) is 0 Å². The molecule has 0 aromatic heterocycles. The number of hydrogen-bond donors (Lipinski definition) is 2. The van der Waals surface area contributed by atoms with Crippen molar-refractivity contribution in [3.63, 3.8) is 0 Å². The molecule has 4 bridgehead atoms. The fraction of sp³-hybridized carbons (Fsp3) is 0.941. The lowest BCUT2D eigenvalue weighted by Crippen LogP contribution is -2.47. The molecule has 0 atom stereocenters. The molecule has 4 saturated carbocycles. The Morgan fingerprint density at radius 3 is 2.20 bits per heavy atom. The smallest absolute Gasteiger partial charge is 0.219 e. The summed E-state index contributed by atoms with van der Waals surface area (Å²) in [5.74, 6) is 4.20. The highest BCUT2D eigenvalue weighted by atomic mass is 32.1. The second kappa shape index (κ2) is 6.29. The van der Waals surface area contributed by atoms with Crippen LogP contribution in [0, 0.1) is 23.2 Å². The van der Waals surface area contributed by atoms with Gasteiger partial charge in [0, 0.05) is 13.0 Å². The van der Waals surface area contributed by atoms with E-state index in [1.165, 1.54) is 44.9 Å². The monoisotopic (exact) mass is 295 g/mol. The van der Waals surface area contributed by atoms with Crippen LogP contribution in [0.4, 0.5) is 0 Å². The van der Waals surface area contributed by atoms with Crippen LogP contribution in [-0.4, -0.2) is 18.2 Å². The van der Waals surface area contributed by atoms with E-state index in [-0.39, 0.29) is 5.91 Å². The second-order valence-electron chi connectivity index (χ2n) is 7.70. The topological polar surface area (TPSA) is 29.1 Å². The van der Waals surface area contributed by atoms with Crippen molar-refractivity contribution in [2.45, 2.75) is 64.2 Å². The maximum atomic E-state index is 11.8. The molecule has 0 aliphatic heterocycles. The normalized spacial score (nSPS) is 38.1. The van der Waals surface area contributed by atoms with Gasteiger partial charge in [-0.15, -0.1) is 0 Å². The third kappa shape index (κ3) is 3.35. The van der Waals surface area contributed by atoms with Gasteiger partial charge in [0.25, 0.3) is 0 Å². The van der Waals surface area contributed by atoms with Crippen LogP contribution in [0.1, 0.15) is 64.2 Å². The largest absolute Gasteiger partial charge is 0.356 e. The summed E-state index contributed by atoms with van der Waals surface area (Å²) in [5.41, 5.74) is 0.604. The minimum absolute atomic E-state index is 0.247. The molecule has 0 aromatic rings. The molecular weight excluding hydrogens is 266 g/mol. The molecular formula is C17H29NOS. The van der Waals surface area contributed by atoms with E-state index in [1.807, 2.05) is 0 Å². The number of amides is 1. The number of rotatable bonds is 7. The average Bonchev–Trinajstić information content (AvgIpc) is 2.37. The molecule has 0 heterocycles. The van der Waals surface area contributed by atoms with Crippen LogP contribution in [0.25, 0.3) is 0 Å². The summed E-state index contributed by atoms with van der Waals surface area (Å²) in [6.07, 6.45) is 12.8. The first-order valence-corrected chi connectivity index (χ1v) is 9.20. The summed E-state index contributed by atoms with van der Waals surface area (Å²) in [6, 6.07) is 0. The Kier molecular flexibility index (Phi) is 4.64. The summed E-state index contributed by atoms with van der Waals surface area (Å²) in [6.45, 7) is 0.909. The molecule has 1 N–H and O–H groups in total. The molecule has 2 nitrogen and oxygen atoms in total. The van der Waals surface area contributed by atoms with Crippen LogP contribution >= 0.6 is 12.6 Å². The van der Waals surface area contributed by atoms with Crippen LogP contribution in [0.2, 0.25) is 0 Å². The minimum atomic E-state index is 0.247. The predicted molar refractivity (Wildman–Crippen MR) is 85.9 cm³/mol. The van der Waals surface area contributed by atoms with Crippen molar-refractivity contribution >= 4 is 18.5 Å². The van der Waals surface area contributed by atoms with Crippen molar-refractivity contribution in [3.8, 4) is 0 Å². The lowest BCUT2D eigenvalue weighted by atomic mass is 9.49. The number of unbranched alkanes of at least 4 members (excludes halogenated alkanes) is 1. The quantitative estimate of drug-likeness (QED) is 0.543. The minimum Gasteiger partial charge on any atom is -0.356 e. The van der Waals surface area contributed by atoms with Gasteiger partial charge >= 0.3 is 0 Å². The molecule has 0 radical (unpaired) electrons. The van der Waals surface area contributed by atoms with Crippen molar-refractivity contribution in [1.29, 1.82) is 0 Å². The highest BCUT2D eigenvalue weighted by Crippen LogP contribution is 2.61. The summed E-state index contributed by atoms with van der Waals surface area (Å²) < 4.78 is 0. The van der Waals surface area contributed by atoms with Crippen molar-refractivity contribution in [1.82, 2.24) is 5.32 Å². The van der Waals surface area contributed by atoms with E-state index >= 15 is 0 Å². The lowest BCUT2D eigenvalue weighted by Gasteiger charge is -2.57. The molecule has 4 aliphatic rings. The number of carbonyl (C=O) groups is 1. The fourth-order valence-corrected chi connectivity index (χ4v) is 5.77. The molecule has 1 amide bonds. The fourth-order valence-electron chi connectivity index (χ4n) is 5.55. The van der Waals surface area contributed by atoms with Gasteiger partial charge in [0.1, 0.15) is 0 Å². The van der Waals surface area contributed by atoms with E-state index < -0.39 is 0 Å². The number of hydrogen-bond acceptors (Lipinski definition) is 2. The number of carbonyl (C=O) groups excluding carboxylic acids is 1. The zero-order valence-corrected chi connectivity index (χ0v) is 13.5. The van der Waals surface area contributed by atoms with E-state index in [0.29, 0.717) is 11.8 Å². The van der Waals surface area contributed by atoms with Crippen LogP contribution in [0.5, 0.6) is 0 Å². The molecule has 0 spiro atoms. The Labute approximate surface area is 128 Å². The van der Waals surface area contributed by atoms with Gasteiger partial charge in [0.2, 0.25) is 5.91 Å². The Hall–Kier alpha value is -0.180. The van der Waals surface area contributed by atoms with Gasteiger partial charge in [-0.2, -0.15) is 12.6 Å². The molecule has 4 fully saturated rings. The first-order valence-electron chi connectivity index (χ1n) is 8.57. The number of nitrogens with one attached hydrogen (secondary N) is 1. The van der Waals surface area contributed by atoms with Crippen molar-refractivity contribution in [3.05, 3.63) is 0 Å². The van der Waals surface area contributed by atoms with Gasteiger partial charge in [-0.1, -0.05) is 0 Å². The Morgan fingerprint density at radius 2 is 1.65 bits per heavy atom. The number of thiol groups is 1. The molecule has 0 saturated heterocycles. The van der Waals surface area contributed by atoms with E-state index in [1.54, 1.807) is 0 Å². The van der Waals surface area contributed by atoms with Crippen molar-refractivity contribution < 1.29 is 4.79 Å². The third-order valence-corrected chi connectivity index (χ3v) is 6.27. The average molecular weight is 295 g/mol. The second-order valence-corrected chi connectivity index (χ2v) is 8.15. The van der Waals surface area contributed by atoms with Crippen LogP contribution < -0.4 is 5.32 Å². The van der Waals surface area contributed by atoms with Crippen LogP contribution in [-0.2, 0) is 4.79 Å². The molecule has 0 aromatic carbocycles. The van der Waals surface area contributed by atoms with Gasteiger partial charge < -0.3 is 5.32 Å². The van der Waals surface area contributed by atoms with E-state index in [2.05, 4.69) is 17.9 Å². The molecule has 4 rings (SSSR count). The van der Waals surface area contributed by atoms with Crippen LogP contribution in [0.3, 0.4) is 0 Å². The lowest BCUT2D eigenvalue weighted by molar-refractivity contribution is -0.121.